The molecule has 1 aromatic heterocycles. The molecule has 0 aliphatic carbocycles. The minimum Gasteiger partial charge on any atom is -0.493 e. The lowest BCUT2D eigenvalue weighted by Crippen LogP contribution is -2.35. The molecule has 7 heteroatoms. The number of rotatable bonds is 8. The standard InChI is InChI=1S/C20H31N5O2/c1-7-27-18-9-8-17(11-19(18)26-6)23-20(21-5)22-12-14(2)13-25-16(4)10-15(3)24-25/h8-11,14H,7,12-13H2,1-6H3,(H2,21,22,23). The van der Waals surface area contributed by atoms with Gasteiger partial charge in [-0.05, 0) is 44.9 Å². The van der Waals surface area contributed by atoms with Gasteiger partial charge in [-0.3, -0.25) is 9.67 Å². The maximum atomic E-state index is 5.55. The van der Waals surface area contributed by atoms with Crippen molar-refractivity contribution in [3.63, 3.8) is 0 Å². The van der Waals surface area contributed by atoms with Gasteiger partial charge in [-0.25, -0.2) is 0 Å². The highest BCUT2D eigenvalue weighted by Gasteiger charge is 2.10. The summed E-state index contributed by atoms with van der Waals surface area (Å²) in [5.41, 5.74) is 3.12. The number of hydrogen-bond acceptors (Lipinski definition) is 4. The van der Waals surface area contributed by atoms with Gasteiger partial charge >= 0.3 is 0 Å². The van der Waals surface area contributed by atoms with Crippen molar-refractivity contribution < 1.29 is 9.47 Å². The largest absolute Gasteiger partial charge is 0.493 e. The summed E-state index contributed by atoms with van der Waals surface area (Å²) in [5, 5.41) is 11.2. The third-order valence-corrected chi connectivity index (χ3v) is 4.16. The molecule has 0 saturated heterocycles. The molecule has 0 aliphatic rings. The zero-order valence-corrected chi connectivity index (χ0v) is 17.2. The fraction of sp³-hybridized carbons (Fsp3) is 0.500. The van der Waals surface area contributed by atoms with Crippen LogP contribution in [-0.4, -0.2) is 43.0 Å². The number of ether oxygens (including phenoxy) is 2. The summed E-state index contributed by atoms with van der Waals surface area (Å²) in [6, 6.07) is 7.83. The highest BCUT2D eigenvalue weighted by molar-refractivity contribution is 5.93. The fourth-order valence-electron chi connectivity index (χ4n) is 2.83. The first-order valence-electron chi connectivity index (χ1n) is 9.26. The molecule has 0 bridgehead atoms. The number of benzene rings is 1. The molecule has 7 nitrogen and oxygen atoms in total. The average molecular weight is 374 g/mol. The van der Waals surface area contributed by atoms with Crippen LogP contribution in [0, 0.1) is 19.8 Å². The third-order valence-electron chi connectivity index (χ3n) is 4.16. The molecule has 0 saturated carbocycles. The highest BCUT2D eigenvalue weighted by Crippen LogP contribution is 2.30. The predicted octanol–water partition coefficient (Wildman–Crippen LogP) is 3.23. The Morgan fingerprint density at radius 1 is 1.26 bits per heavy atom. The second kappa shape index (κ2) is 9.85. The van der Waals surface area contributed by atoms with Crippen LogP contribution < -0.4 is 20.1 Å². The van der Waals surface area contributed by atoms with Crippen LogP contribution in [0.3, 0.4) is 0 Å². The summed E-state index contributed by atoms with van der Waals surface area (Å²) < 4.78 is 13.0. The Morgan fingerprint density at radius 2 is 2.04 bits per heavy atom. The Morgan fingerprint density at radius 3 is 2.63 bits per heavy atom. The van der Waals surface area contributed by atoms with Crippen molar-refractivity contribution >= 4 is 11.6 Å². The zero-order chi connectivity index (χ0) is 19.8. The maximum Gasteiger partial charge on any atom is 0.195 e. The molecular formula is C20H31N5O2. The normalized spacial score (nSPS) is 12.6. The minimum absolute atomic E-state index is 0.399. The van der Waals surface area contributed by atoms with E-state index >= 15 is 0 Å². The quantitative estimate of drug-likeness (QED) is 0.549. The van der Waals surface area contributed by atoms with E-state index < -0.39 is 0 Å². The van der Waals surface area contributed by atoms with Crippen LogP contribution in [0.5, 0.6) is 11.5 Å². The molecule has 2 aromatic rings. The first-order chi connectivity index (χ1) is 13.0. The molecule has 1 unspecified atom stereocenters. The maximum absolute atomic E-state index is 5.55. The van der Waals surface area contributed by atoms with Gasteiger partial charge in [0, 0.05) is 37.6 Å². The molecule has 2 N–H and O–H groups in total. The van der Waals surface area contributed by atoms with E-state index in [1.165, 1.54) is 5.69 Å². The lowest BCUT2D eigenvalue weighted by atomic mass is 10.2. The topological polar surface area (TPSA) is 72.7 Å². The molecule has 0 spiro atoms. The van der Waals surface area contributed by atoms with Crippen LogP contribution in [0.4, 0.5) is 5.69 Å². The Hall–Kier alpha value is -2.70. The van der Waals surface area contributed by atoms with Crippen LogP contribution in [0.15, 0.2) is 29.3 Å². The van der Waals surface area contributed by atoms with Crippen molar-refractivity contribution in [2.75, 3.05) is 32.6 Å². The lowest BCUT2D eigenvalue weighted by molar-refractivity contribution is 0.311. The van der Waals surface area contributed by atoms with E-state index in [9.17, 15) is 0 Å². The average Bonchev–Trinajstić information content (AvgIpc) is 2.96. The summed E-state index contributed by atoms with van der Waals surface area (Å²) in [6.07, 6.45) is 0. The van der Waals surface area contributed by atoms with Gasteiger partial charge in [0.1, 0.15) is 0 Å². The van der Waals surface area contributed by atoms with Gasteiger partial charge in [0.05, 0.1) is 19.4 Å². The first-order valence-corrected chi connectivity index (χ1v) is 9.26. The number of methoxy groups -OCH3 is 1. The van der Waals surface area contributed by atoms with Crippen molar-refractivity contribution in [1.29, 1.82) is 0 Å². The van der Waals surface area contributed by atoms with E-state index in [0.717, 1.165) is 30.2 Å². The van der Waals surface area contributed by atoms with Crippen molar-refractivity contribution in [2.45, 2.75) is 34.2 Å². The van der Waals surface area contributed by atoms with E-state index in [1.807, 2.05) is 32.0 Å². The second-order valence-electron chi connectivity index (χ2n) is 6.59. The summed E-state index contributed by atoms with van der Waals surface area (Å²) in [4.78, 5) is 4.30. The van der Waals surface area contributed by atoms with Gasteiger partial charge in [-0.2, -0.15) is 5.10 Å². The van der Waals surface area contributed by atoms with Gasteiger partial charge in [0.2, 0.25) is 0 Å². The zero-order valence-electron chi connectivity index (χ0n) is 17.2. The molecule has 1 aromatic carbocycles. The minimum atomic E-state index is 0.399. The number of aryl methyl sites for hydroxylation is 2. The predicted molar refractivity (Wildman–Crippen MR) is 110 cm³/mol. The molecule has 0 amide bonds. The fourth-order valence-corrected chi connectivity index (χ4v) is 2.83. The summed E-state index contributed by atoms with van der Waals surface area (Å²) >= 11 is 0. The van der Waals surface area contributed by atoms with Crippen LogP contribution in [0.25, 0.3) is 0 Å². The molecule has 2 rings (SSSR count). The summed E-state index contributed by atoms with van der Waals surface area (Å²) in [7, 11) is 3.39. The van der Waals surface area contributed by atoms with Gasteiger partial charge in [0.25, 0.3) is 0 Å². The summed E-state index contributed by atoms with van der Waals surface area (Å²) in [5.74, 6) is 2.53. The number of guanidine groups is 1. The van der Waals surface area contributed by atoms with Gasteiger partial charge < -0.3 is 20.1 Å². The number of hydrogen-bond donors (Lipinski definition) is 2. The molecular weight excluding hydrogens is 342 g/mol. The van der Waals surface area contributed by atoms with E-state index in [2.05, 4.69) is 45.3 Å². The number of nitrogens with one attached hydrogen (secondary N) is 2. The van der Waals surface area contributed by atoms with Crippen molar-refractivity contribution in [3.05, 3.63) is 35.7 Å². The smallest absolute Gasteiger partial charge is 0.195 e. The lowest BCUT2D eigenvalue weighted by Gasteiger charge is -2.17. The summed E-state index contributed by atoms with van der Waals surface area (Å²) in [6.45, 7) is 10.5. The first kappa shape index (κ1) is 20.6. The molecule has 0 fully saturated rings. The molecule has 148 valence electrons. The Balaban J connectivity index is 1.92. The van der Waals surface area contributed by atoms with Gasteiger partial charge in [-0.1, -0.05) is 6.92 Å². The Kier molecular flexibility index (Phi) is 7.52. The van der Waals surface area contributed by atoms with Gasteiger partial charge in [-0.15, -0.1) is 0 Å². The second-order valence-corrected chi connectivity index (χ2v) is 6.59. The van der Waals surface area contributed by atoms with E-state index in [1.54, 1.807) is 14.2 Å². The van der Waals surface area contributed by atoms with Crippen molar-refractivity contribution in [3.8, 4) is 11.5 Å². The van der Waals surface area contributed by atoms with Crippen molar-refractivity contribution in [1.82, 2.24) is 15.1 Å². The number of aromatic nitrogens is 2. The van der Waals surface area contributed by atoms with Crippen LogP contribution in [0.1, 0.15) is 25.2 Å². The molecule has 0 aliphatic heterocycles. The third kappa shape index (κ3) is 5.91. The van der Waals surface area contributed by atoms with Crippen LogP contribution >= 0.6 is 0 Å². The molecule has 1 heterocycles. The number of nitrogens with zero attached hydrogens (tertiary/aromatic N) is 3. The van der Waals surface area contributed by atoms with Crippen molar-refractivity contribution in [2.24, 2.45) is 10.9 Å². The molecule has 27 heavy (non-hydrogen) atoms. The van der Waals surface area contributed by atoms with E-state index in [0.29, 0.717) is 24.2 Å². The van der Waals surface area contributed by atoms with E-state index in [-0.39, 0.29) is 0 Å². The van der Waals surface area contributed by atoms with Crippen LogP contribution in [-0.2, 0) is 6.54 Å². The van der Waals surface area contributed by atoms with E-state index in [4.69, 9.17) is 9.47 Å². The SMILES string of the molecule is CCOc1ccc(NC(=NC)NCC(C)Cn2nc(C)cc2C)cc1OC. The van der Waals surface area contributed by atoms with Gasteiger partial charge in [0.15, 0.2) is 17.5 Å². The van der Waals surface area contributed by atoms with Crippen LogP contribution in [0.2, 0.25) is 0 Å². The monoisotopic (exact) mass is 373 g/mol. The number of aliphatic imine (C=N–C) groups is 1. The molecule has 0 radical (unpaired) electrons. The molecule has 1 atom stereocenters. The Labute approximate surface area is 161 Å². The Bertz CT molecular complexity index is 770. The highest BCUT2D eigenvalue weighted by atomic mass is 16.5. The number of anilines is 1.